The highest BCUT2D eigenvalue weighted by Crippen LogP contribution is 2.34. The molecule has 0 spiro atoms. The number of hydrogen-bond acceptors (Lipinski definition) is 4. The van der Waals surface area contributed by atoms with Gasteiger partial charge in [0.1, 0.15) is 0 Å². The van der Waals surface area contributed by atoms with Crippen LogP contribution in [0.2, 0.25) is 0 Å². The van der Waals surface area contributed by atoms with Gasteiger partial charge in [0.05, 0.1) is 6.26 Å². The summed E-state index contributed by atoms with van der Waals surface area (Å²) < 4.78 is 24.6. The maximum absolute atomic E-state index is 11.5. The summed E-state index contributed by atoms with van der Waals surface area (Å²) in [6.07, 6.45) is 6.83. The first-order valence-corrected chi connectivity index (χ1v) is 10.0. The fraction of sp³-hybridized carbons (Fsp3) is 0.714. The molecule has 0 saturated carbocycles. The second kappa shape index (κ2) is 5.75. The van der Waals surface area contributed by atoms with Gasteiger partial charge in [-0.1, -0.05) is 0 Å². The van der Waals surface area contributed by atoms with Crippen LogP contribution < -0.4 is 5.32 Å². The van der Waals surface area contributed by atoms with Crippen LogP contribution in [0.5, 0.6) is 0 Å². The minimum Gasteiger partial charge on any atom is -0.307 e. The molecule has 1 N–H and O–H groups in total. The Hall–Kier alpha value is -0.430. The molecule has 1 saturated heterocycles. The molecular weight excluding hydrogens is 292 g/mol. The third kappa shape index (κ3) is 3.08. The zero-order valence-electron chi connectivity index (χ0n) is 11.8. The minimum atomic E-state index is -3.01. The van der Waals surface area contributed by atoms with Gasteiger partial charge in [0.25, 0.3) is 0 Å². The summed E-state index contributed by atoms with van der Waals surface area (Å²) in [6.45, 7) is 1.30. The van der Waals surface area contributed by atoms with Gasteiger partial charge in [-0.25, -0.2) is 12.7 Å². The number of thiophene rings is 1. The molecule has 0 amide bonds. The van der Waals surface area contributed by atoms with E-state index in [1.807, 2.05) is 11.3 Å². The molecule has 1 aliphatic heterocycles. The fourth-order valence-electron chi connectivity index (χ4n) is 3.30. The van der Waals surface area contributed by atoms with E-state index in [4.69, 9.17) is 0 Å². The van der Waals surface area contributed by atoms with E-state index in [0.29, 0.717) is 25.2 Å². The summed E-state index contributed by atoms with van der Waals surface area (Å²) in [5.74, 6) is 0. The topological polar surface area (TPSA) is 49.4 Å². The Morgan fingerprint density at radius 3 is 2.75 bits per heavy atom. The van der Waals surface area contributed by atoms with Crippen molar-refractivity contribution in [3.63, 3.8) is 0 Å². The normalized spacial score (nSPS) is 25.6. The van der Waals surface area contributed by atoms with Gasteiger partial charge < -0.3 is 5.32 Å². The molecule has 4 nitrogen and oxygen atoms in total. The van der Waals surface area contributed by atoms with Crippen LogP contribution in [0, 0.1) is 0 Å². The monoisotopic (exact) mass is 314 g/mol. The van der Waals surface area contributed by atoms with Crippen LogP contribution in [0.3, 0.4) is 0 Å². The number of aryl methyl sites for hydroxylation is 1. The van der Waals surface area contributed by atoms with Crippen molar-refractivity contribution in [3.8, 4) is 0 Å². The summed E-state index contributed by atoms with van der Waals surface area (Å²) in [4.78, 5) is 1.53. The standard InChI is InChI=1S/C14H22N2O2S2/c1-20(17,18)16-8-5-11(6-9-16)15-13-3-2-4-14-12(13)7-10-19-14/h7,10-11,13,15H,2-6,8-9H2,1H3. The van der Waals surface area contributed by atoms with Crippen LogP contribution in [-0.4, -0.2) is 38.1 Å². The Bertz CT molecular complexity index is 559. The molecule has 0 bridgehead atoms. The van der Waals surface area contributed by atoms with Crippen molar-refractivity contribution in [1.29, 1.82) is 0 Å². The number of fused-ring (bicyclic) bond motifs is 1. The highest BCUT2D eigenvalue weighted by Gasteiger charge is 2.28. The Morgan fingerprint density at radius 1 is 1.30 bits per heavy atom. The highest BCUT2D eigenvalue weighted by atomic mass is 32.2. The maximum atomic E-state index is 11.5. The summed E-state index contributed by atoms with van der Waals surface area (Å²) in [7, 11) is -3.01. The molecule has 0 radical (unpaired) electrons. The molecule has 0 aromatic carbocycles. The molecule has 1 aromatic rings. The van der Waals surface area contributed by atoms with Crippen molar-refractivity contribution in [1.82, 2.24) is 9.62 Å². The Morgan fingerprint density at radius 2 is 2.05 bits per heavy atom. The molecule has 3 rings (SSSR count). The smallest absolute Gasteiger partial charge is 0.211 e. The summed E-state index contributed by atoms with van der Waals surface area (Å²) >= 11 is 1.87. The molecule has 2 aliphatic rings. The van der Waals surface area contributed by atoms with Gasteiger partial charge in [0, 0.05) is 30.1 Å². The number of sulfonamides is 1. The lowest BCUT2D eigenvalue weighted by atomic mass is 9.92. The molecule has 112 valence electrons. The molecular formula is C14H22N2O2S2. The summed E-state index contributed by atoms with van der Waals surface area (Å²) in [5, 5.41) is 5.95. The molecule has 2 heterocycles. The van der Waals surface area contributed by atoms with Crippen molar-refractivity contribution in [2.45, 2.75) is 44.2 Å². The number of nitrogens with one attached hydrogen (secondary N) is 1. The van der Waals surface area contributed by atoms with Crippen molar-refractivity contribution >= 4 is 21.4 Å². The second-order valence-corrected chi connectivity index (χ2v) is 8.83. The van der Waals surface area contributed by atoms with Gasteiger partial charge >= 0.3 is 0 Å². The van der Waals surface area contributed by atoms with Gasteiger partial charge in [0.15, 0.2) is 0 Å². The zero-order chi connectivity index (χ0) is 14.2. The lowest BCUT2D eigenvalue weighted by molar-refractivity contribution is 0.267. The number of hydrogen-bond donors (Lipinski definition) is 1. The fourth-order valence-corrected chi connectivity index (χ4v) is 5.16. The number of rotatable bonds is 3. The Balaban J connectivity index is 1.59. The lowest BCUT2D eigenvalue weighted by Crippen LogP contribution is -2.45. The Kier molecular flexibility index (Phi) is 4.17. The van der Waals surface area contributed by atoms with Crippen molar-refractivity contribution in [2.24, 2.45) is 0 Å². The minimum absolute atomic E-state index is 0.448. The van der Waals surface area contributed by atoms with Crippen LogP contribution in [0.25, 0.3) is 0 Å². The van der Waals surface area contributed by atoms with Crippen LogP contribution in [0.15, 0.2) is 11.4 Å². The molecule has 1 unspecified atom stereocenters. The summed E-state index contributed by atoms with van der Waals surface area (Å²) in [5.41, 5.74) is 1.48. The van der Waals surface area contributed by atoms with E-state index in [1.165, 1.54) is 36.0 Å². The lowest BCUT2D eigenvalue weighted by Gasteiger charge is -2.34. The SMILES string of the molecule is CS(=O)(=O)N1CCC(NC2CCCc3sccc32)CC1. The van der Waals surface area contributed by atoms with Gasteiger partial charge in [-0.15, -0.1) is 11.3 Å². The average molecular weight is 314 g/mol. The van der Waals surface area contributed by atoms with Gasteiger partial charge in [-0.05, 0) is 49.1 Å². The third-order valence-electron chi connectivity index (χ3n) is 4.41. The van der Waals surface area contributed by atoms with Crippen molar-refractivity contribution in [2.75, 3.05) is 19.3 Å². The third-order valence-corrected chi connectivity index (χ3v) is 6.71. The molecule has 6 heteroatoms. The molecule has 1 atom stereocenters. The van der Waals surface area contributed by atoms with Gasteiger partial charge in [-0.3, -0.25) is 0 Å². The largest absolute Gasteiger partial charge is 0.307 e. The summed E-state index contributed by atoms with van der Waals surface area (Å²) in [6, 6.07) is 3.17. The van der Waals surface area contributed by atoms with Crippen LogP contribution in [0.1, 0.15) is 42.2 Å². The molecule has 20 heavy (non-hydrogen) atoms. The number of nitrogens with zero attached hydrogens (tertiary/aromatic N) is 1. The number of piperidine rings is 1. The molecule has 1 aromatic heterocycles. The van der Waals surface area contributed by atoms with E-state index in [2.05, 4.69) is 16.8 Å². The zero-order valence-corrected chi connectivity index (χ0v) is 13.5. The van der Waals surface area contributed by atoms with Crippen molar-refractivity contribution < 1.29 is 8.42 Å². The molecule has 1 aliphatic carbocycles. The van der Waals surface area contributed by atoms with Crippen LogP contribution in [-0.2, 0) is 16.4 Å². The predicted molar refractivity (Wildman–Crippen MR) is 82.6 cm³/mol. The average Bonchev–Trinajstić information content (AvgIpc) is 2.88. The van der Waals surface area contributed by atoms with Crippen molar-refractivity contribution in [3.05, 3.63) is 21.9 Å². The predicted octanol–water partition coefficient (Wildman–Crippen LogP) is 2.14. The first-order chi connectivity index (χ1) is 9.54. The quantitative estimate of drug-likeness (QED) is 0.930. The van der Waals surface area contributed by atoms with Gasteiger partial charge in [-0.2, -0.15) is 0 Å². The van der Waals surface area contributed by atoms with Crippen LogP contribution >= 0.6 is 11.3 Å². The maximum Gasteiger partial charge on any atom is 0.211 e. The van der Waals surface area contributed by atoms with E-state index in [-0.39, 0.29) is 0 Å². The second-order valence-electron chi connectivity index (χ2n) is 5.85. The first kappa shape index (κ1) is 14.5. The Labute approximate surface area is 125 Å². The van der Waals surface area contributed by atoms with Crippen LogP contribution in [0.4, 0.5) is 0 Å². The van der Waals surface area contributed by atoms with E-state index >= 15 is 0 Å². The highest BCUT2D eigenvalue weighted by molar-refractivity contribution is 7.88. The van der Waals surface area contributed by atoms with E-state index in [9.17, 15) is 8.42 Å². The first-order valence-electron chi connectivity index (χ1n) is 7.31. The van der Waals surface area contributed by atoms with Gasteiger partial charge in [0.2, 0.25) is 10.0 Å². The molecule has 1 fully saturated rings. The van der Waals surface area contributed by atoms with E-state index in [1.54, 1.807) is 4.31 Å². The van der Waals surface area contributed by atoms with E-state index in [0.717, 1.165) is 12.8 Å². The van der Waals surface area contributed by atoms with E-state index < -0.39 is 10.0 Å².